The average Bonchev–Trinajstić information content (AvgIpc) is 2.41. The summed E-state index contributed by atoms with van der Waals surface area (Å²) in [6.45, 7) is -0.544. The first kappa shape index (κ1) is 15.9. The van der Waals surface area contributed by atoms with Crippen LogP contribution in [-0.2, 0) is 16.6 Å². The largest absolute Gasteiger partial charge is 0.392 e. The summed E-state index contributed by atoms with van der Waals surface area (Å²) < 4.78 is 41.7. The molecule has 1 fully saturated rings. The number of hydrogen-bond donors (Lipinski definition) is 2. The first-order chi connectivity index (χ1) is 9.44. The summed E-state index contributed by atoms with van der Waals surface area (Å²) in [5, 5.41) is 9.08. The van der Waals surface area contributed by atoms with Crippen molar-refractivity contribution >= 4 is 26.0 Å². The van der Waals surface area contributed by atoms with Crippen LogP contribution in [0, 0.1) is 5.82 Å². The summed E-state index contributed by atoms with van der Waals surface area (Å²) in [7, 11) is -3.91. The quantitative estimate of drug-likeness (QED) is 0.861. The summed E-state index contributed by atoms with van der Waals surface area (Å²) in [6, 6.07) is 2.46. The maximum Gasteiger partial charge on any atom is 0.243 e. The minimum absolute atomic E-state index is 0.0385. The fourth-order valence-electron chi connectivity index (χ4n) is 2.43. The van der Waals surface area contributed by atoms with Crippen LogP contribution in [-0.4, -0.2) is 19.6 Å². The predicted octanol–water partition coefficient (Wildman–Crippen LogP) is 2.69. The van der Waals surface area contributed by atoms with Crippen LogP contribution in [0.15, 0.2) is 21.5 Å². The molecule has 0 aliphatic heterocycles. The van der Waals surface area contributed by atoms with Crippen molar-refractivity contribution in [2.75, 3.05) is 0 Å². The van der Waals surface area contributed by atoms with Crippen LogP contribution in [0.4, 0.5) is 4.39 Å². The lowest BCUT2D eigenvalue weighted by Gasteiger charge is -2.23. The lowest BCUT2D eigenvalue weighted by atomic mass is 9.96. The summed E-state index contributed by atoms with van der Waals surface area (Å²) in [4.78, 5) is -0.415. The molecule has 2 N–H and O–H groups in total. The molecule has 0 aromatic heterocycles. The van der Waals surface area contributed by atoms with Gasteiger partial charge in [-0.3, -0.25) is 0 Å². The molecule has 1 aliphatic carbocycles. The Morgan fingerprint density at radius 1 is 1.30 bits per heavy atom. The molecular weight excluding hydrogens is 349 g/mol. The van der Waals surface area contributed by atoms with Gasteiger partial charge in [0.2, 0.25) is 10.0 Å². The van der Waals surface area contributed by atoms with Gasteiger partial charge in [-0.15, -0.1) is 0 Å². The highest BCUT2D eigenvalue weighted by atomic mass is 79.9. The molecule has 20 heavy (non-hydrogen) atoms. The maximum atomic E-state index is 14.1. The van der Waals surface area contributed by atoms with Crippen LogP contribution in [0.25, 0.3) is 0 Å². The zero-order chi connectivity index (χ0) is 14.8. The van der Waals surface area contributed by atoms with E-state index >= 15 is 0 Å². The van der Waals surface area contributed by atoms with Gasteiger partial charge in [0.15, 0.2) is 0 Å². The number of aliphatic hydroxyl groups excluding tert-OH is 1. The van der Waals surface area contributed by atoms with Gasteiger partial charge in [-0.05, 0) is 25.0 Å². The van der Waals surface area contributed by atoms with Gasteiger partial charge in [-0.25, -0.2) is 17.5 Å². The summed E-state index contributed by atoms with van der Waals surface area (Å²) in [6.07, 6.45) is 4.63. The molecule has 1 aromatic rings. The second kappa shape index (κ2) is 6.51. The van der Waals surface area contributed by atoms with Gasteiger partial charge in [-0.1, -0.05) is 35.2 Å². The number of sulfonamides is 1. The van der Waals surface area contributed by atoms with Crippen molar-refractivity contribution in [3.63, 3.8) is 0 Å². The second-order valence-electron chi connectivity index (χ2n) is 4.99. The van der Waals surface area contributed by atoms with E-state index in [-0.39, 0.29) is 11.6 Å². The lowest BCUT2D eigenvalue weighted by Crippen LogP contribution is -2.36. The molecule has 2 rings (SSSR count). The molecule has 1 aliphatic rings. The Kier molecular flexibility index (Phi) is 5.17. The van der Waals surface area contributed by atoms with Crippen molar-refractivity contribution in [1.82, 2.24) is 4.72 Å². The third-order valence-electron chi connectivity index (χ3n) is 3.47. The monoisotopic (exact) mass is 365 g/mol. The second-order valence-corrected chi connectivity index (χ2v) is 7.59. The number of hydrogen-bond acceptors (Lipinski definition) is 3. The maximum absolute atomic E-state index is 14.1. The molecule has 0 radical (unpaired) electrons. The molecule has 0 atom stereocenters. The molecule has 112 valence electrons. The summed E-state index contributed by atoms with van der Waals surface area (Å²) in [5.41, 5.74) is -0.0385. The van der Waals surface area contributed by atoms with Crippen LogP contribution < -0.4 is 4.72 Å². The zero-order valence-electron chi connectivity index (χ0n) is 10.9. The number of rotatable bonds is 4. The zero-order valence-corrected chi connectivity index (χ0v) is 13.3. The van der Waals surface area contributed by atoms with Crippen LogP contribution in [0.3, 0.4) is 0 Å². The SMILES string of the molecule is O=S(=O)(NC1CCCCC1)c1cc(Br)cc(CO)c1F. The predicted molar refractivity (Wildman–Crippen MR) is 77.2 cm³/mol. The highest BCUT2D eigenvalue weighted by Crippen LogP contribution is 2.26. The molecular formula is C13H17BrFNO3S. The Labute approximate surface area is 126 Å². The van der Waals surface area contributed by atoms with Crippen LogP contribution in [0.1, 0.15) is 37.7 Å². The van der Waals surface area contributed by atoms with Gasteiger partial charge < -0.3 is 5.11 Å². The molecule has 0 amide bonds. The molecule has 0 bridgehead atoms. The summed E-state index contributed by atoms with van der Waals surface area (Å²) in [5.74, 6) is -0.890. The van der Waals surface area contributed by atoms with Crippen molar-refractivity contribution in [2.24, 2.45) is 0 Å². The minimum Gasteiger partial charge on any atom is -0.392 e. The fourth-order valence-corrected chi connectivity index (χ4v) is 4.54. The highest BCUT2D eigenvalue weighted by Gasteiger charge is 2.26. The molecule has 0 heterocycles. The first-order valence-electron chi connectivity index (χ1n) is 6.55. The molecule has 1 saturated carbocycles. The third-order valence-corrected chi connectivity index (χ3v) is 5.44. The van der Waals surface area contributed by atoms with E-state index in [1.54, 1.807) is 0 Å². The normalized spacial score (nSPS) is 17.4. The Morgan fingerprint density at radius 2 is 1.95 bits per heavy atom. The lowest BCUT2D eigenvalue weighted by molar-refractivity contribution is 0.274. The molecule has 0 unspecified atom stereocenters. The number of halogens is 2. The van der Waals surface area contributed by atoms with Crippen molar-refractivity contribution in [3.8, 4) is 0 Å². The van der Waals surface area contributed by atoms with E-state index in [0.717, 1.165) is 32.1 Å². The van der Waals surface area contributed by atoms with Gasteiger partial charge in [0, 0.05) is 16.1 Å². The smallest absolute Gasteiger partial charge is 0.243 e. The Hall–Kier alpha value is -0.500. The average molecular weight is 366 g/mol. The van der Waals surface area contributed by atoms with E-state index in [2.05, 4.69) is 20.7 Å². The van der Waals surface area contributed by atoms with Gasteiger partial charge in [0.25, 0.3) is 0 Å². The number of nitrogens with one attached hydrogen (secondary N) is 1. The molecule has 1 aromatic carbocycles. The van der Waals surface area contributed by atoms with E-state index in [1.165, 1.54) is 12.1 Å². The minimum atomic E-state index is -3.91. The number of aliphatic hydroxyl groups is 1. The van der Waals surface area contributed by atoms with E-state index < -0.39 is 27.3 Å². The molecule has 0 saturated heterocycles. The molecule has 0 spiro atoms. The third kappa shape index (κ3) is 3.58. The van der Waals surface area contributed by atoms with Crippen molar-refractivity contribution in [2.45, 2.75) is 49.6 Å². The topological polar surface area (TPSA) is 66.4 Å². The van der Waals surface area contributed by atoms with Crippen LogP contribution in [0.2, 0.25) is 0 Å². The molecule has 4 nitrogen and oxygen atoms in total. The Bertz CT molecular complexity index is 586. The standard InChI is InChI=1S/C13H17BrFNO3S/c14-10-6-9(8-17)13(15)12(7-10)20(18,19)16-11-4-2-1-3-5-11/h6-7,11,16-17H,1-5,8H2. The Morgan fingerprint density at radius 3 is 2.55 bits per heavy atom. The van der Waals surface area contributed by atoms with Crippen molar-refractivity contribution < 1.29 is 17.9 Å². The van der Waals surface area contributed by atoms with Gasteiger partial charge >= 0.3 is 0 Å². The van der Waals surface area contributed by atoms with Crippen molar-refractivity contribution in [3.05, 3.63) is 28.0 Å². The van der Waals surface area contributed by atoms with Gasteiger partial charge in [0.05, 0.1) is 6.61 Å². The Balaban J connectivity index is 2.31. The first-order valence-corrected chi connectivity index (χ1v) is 8.83. The van der Waals surface area contributed by atoms with Gasteiger partial charge in [-0.2, -0.15) is 0 Å². The van der Waals surface area contributed by atoms with E-state index in [0.29, 0.717) is 4.47 Å². The van der Waals surface area contributed by atoms with E-state index in [9.17, 15) is 12.8 Å². The highest BCUT2D eigenvalue weighted by molar-refractivity contribution is 9.10. The van der Waals surface area contributed by atoms with Crippen molar-refractivity contribution in [1.29, 1.82) is 0 Å². The number of benzene rings is 1. The van der Waals surface area contributed by atoms with E-state index in [1.807, 2.05) is 0 Å². The van der Waals surface area contributed by atoms with E-state index in [4.69, 9.17) is 5.11 Å². The van der Waals surface area contributed by atoms with Crippen LogP contribution >= 0.6 is 15.9 Å². The van der Waals surface area contributed by atoms with Gasteiger partial charge in [0.1, 0.15) is 10.7 Å². The molecule has 7 heteroatoms. The summed E-state index contributed by atoms with van der Waals surface area (Å²) >= 11 is 3.14. The fraction of sp³-hybridized carbons (Fsp3) is 0.538. The van der Waals surface area contributed by atoms with Crippen LogP contribution in [0.5, 0.6) is 0 Å².